The van der Waals surface area contributed by atoms with Gasteiger partial charge in [-0.2, -0.15) is 0 Å². The fourth-order valence-electron chi connectivity index (χ4n) is 4.73. The summed E-state index contributed by atoms with van der Waals surface area (Å²) in [5.41, 5.74) is 0. The average molecular weight is 617 g/mol. The first-order valence-corrected chi connectivity index (χ1v) is 18.7. The summed E-state index contributed by atoms with van der Waals surface area (Å²) in [7, 11) is -9.75. The maximum absolute atomic E-state index is 11.9. The molecule has 0 aromatic carbocycles. The second-order valence-corrected chi connectivity index (χ2v) is 13.2. The molecule has 0 bridgehead atoms. The van der Waals surface area contributed by atoms with Crippen LogP contribution in [0.1, 0.15) is 155 Å². The highest BCUT2D eigenvalue weighted by Gasteiger charge is 2.34. The van der Waals surface area contributed by atoms with Crippen LogP contribution in [0.2, 0.25) is 0 Å². The van der Waals surface area contributed by atoms with Gasteiger partial charge in [-0.25, -0.2) is 9.13 Å². The van der Waals surface area contributed by atoms with Gasteiger partial charge in [0.1, 0.15) is 0 Å². The van der Waals surface area contributed by atoms with Crippen LogP contribution in [0.4, 0.5) is 0 Å². The Morgan fingerprint density at radius 1 is 0.550 bits per heavy atom. The molecule has 0 rings (SSSR count). The lowest BCUT2D eigenvalue weighted by molar-refractivity contribution is -0.143. The Morgan fingerprint density at radius 3 is 1.30 bits per heavy atom. The van der Waals surface area contributed by atoms with E-state index in [1.54, 1.807) is 0 Å². The molecule has 240 valence electrons. The molecule has 2 unspecified atom stereocenters. The number of hydrogen-bond acceptors (Lipinski definition) is 6. The molecule has 12 heteroatoms. The summed E-state index contributed by atoms with van der Waals surface area (Å²) < 4.78 is 38.2. The van der Waals surface area contributed by atoms with E-state index < -0.39 is 27.9 Å². The van der Waals surface area contributed by atoms with Crippen LogP contribution in [-0.2, 0) is 27.7 Å². The van der Waals surface area contributed by atoms with Crippen LogP contribution in [-0.4, -0.2) is 44.4 Å². The Hall–Kier alpha value is -0.310. The maximum Gasteiger partial charge on any atom is 0.469 e. The molecule has 0 aliphatic rings. The third-order valence-corrected chi connectivity index (χ3v) is 8.02. The number of phosphoric acid groups is 2. The van der Waals surface area contributed by atoms with Crippen molar-refractivity contribution >= 4 is 21.6 Å². The SMILES string of the molecule is CCCCCCCCCCOC(=O)CCCCCCCC(OP(=O)(O)O)C(CCCCCCCC)OP(=O)(O)O. The third-order valence-electron chi connectivity index (χ3n) is 6.93. The first-order valence-electron chi connectivity index (χ1n) is 15.6. The zero-order valence-corrected chi connectivity index (χ0v) is 26.8. The molecule has 40 heavy (non-hydrogen) atoms. The summed E-state index contributed by atoms with van der Waals surface area (Å²) in [4.78, 5) is 49.4. The Balaban J connectivity index is 4.29. The second kappa shape index (κ2) is 25.2. The van der Waals surface area contributed by atoms with E-state index in [0.717, 1.165) is 64.2 Å². The van der Waals surface area contributed by atoms with Crippen LogP contribution in [0.15, 0.2) is 0 Å². The summed E-state index contributed by atoms with van der Waals surface area (Å²) in [5.74, 6) is -0.176. The van der Waals surface area contributed by atoms with Crippen LogP contribution in [0.5, 0.6) is 0 Å². The minimum atomic E-state index is -4.88. The van der Waals surface area contributed by atoms with Gasteiger partial charge in [0.05, 0.1) is 18.8 Å². The molecule has 0 saturated heterocycles. The van der Waals surface area contributed by atoms with Crippen molar-refractivity contribution in [2.75, 3.05) is 6.61 Å². The molecule has 0 heterocycles. The molecule has 2 atom stereocenters. The second-order valence-electron chi connectivity index (χ2n) is 10.8. The lowest BCUT2D eigenvalue weighted by Gasteiger charge is -2.27. The van der Waals surface area contributed by atoms with E-state index in [4.69, 9.17) is 13.8 Å². The van der Waals surface area contributed by atoms with Crippen molar-refractivity contribution in [3.8, 4) is 0 Å². The molecule has 0 radical (unpaired) electrons. The minimum absolute atomic E-state index is 0.176. The first kappa shape index (κ1) is 39.7. The molecule has 0 saturated carbocycles. The van der Waals surface area contributed by atoms with Crippen LogP contribution in [0.3, 0.4) is 0 Å². The molecular formula is C28H58O10P2. The Morgan fingerprint density at radius 2 is 0.900 bits per heavy atom. The van der Waals surface area contributed by atoms with E-state index in [2.05, 4.69) is 13.8 Å². The molecule has 0 amide bonds. The number of rotatable bonds is 29. The summed E-state index contributed by atoms with van der Waals surface area (Å²) in [5, 5.41) is 0. The molecule has 4 N–H and O–H groups in total. The number of hydrogen-bond donors (Lipinski definition) is 4. The standard InChI is InChI=1S/C28H58O10P2/c1-3-5-7-9-11-12-17-21-25-36-28(29)24-20-16-13-15-19-23-27(38-40(33,34)35)26(37-39(30,31)32)22-18-14-10-8-6-4-2/h26-27H,3-25H2,1-2H3,(H2,30,31,32)(H2,33,34,35). The number of unbranched alkanes of at least 4 members (excludes halogenated alkanes) is 16. The van der Waals surface area contributed by atoms with E-state index in [0.29, 0.717) is 32.3 Å². The molecule has 10 nitrogen and oxygen atoms in total. The van der Waals surface area contributed by atoms with Gasteiger partial charge in [0.15, 0.2) is 0 Å². The van der Waals surface area contributed by atoms with Crippen LogP contribution < -0.4 is 0 Å². The fraction of sp³-hybridized carbons (Fsp3) is 0.964. The fourth-order valence-corrected chi connectivity index (χ4v) is 5.92. The highest BCUT2D eigenvalue weighted by atomic mass is 31.2. The predicted molar refractivity (Wildman–Crippen MR) is 158 cm³/mol. The lowest BCUT2D eigenvalue weighted by Crippen LogP contribution is -2.30. The van der Waals surface area contributed by atoms with Gasteiger partial charge in [-0.1, -0.05) is 123 Å². The normalized spacial score (nSPS) is 13.8. The van der Waals surface area contributed by atoms with E-state index >= 15 is 0 Å². The van der Waals surface area contributed by atoms with Gasteiger partial charge in [0.2, 0.25) is 0 Å². The van der Waals surface area contributed by atoms with E-state index in [1.807, 2.05) is 0 Å². The predicted octanol–water partition coefficient (Wildman–Crippen LogP) is 8.11. The zero-order valence-electron chi connectivity index (χ0n) is 25.1. The average Bonchev–Trinajstić information content (AvgIpc) is 2.86. The van der Waals surface area contributed by atoms with E-state index in [1.165, 1.54) is 38.5 Å². The molecule has 0 aromatic rings. The van der Waals surface area contributed by atoms with Crippen LogP contribution in [0, 0.1) is 0 Å². The molecule has 0 fully saturated rings. The van der Waals surface area contributed by atoms with Gasteiger partial charge in [-0.15, -0.1) is 0 Å². The van der Waals surface area contributed by atoms with Crippen LogP contribution >= 0.6 is 15.6 Å². The lowest BCUT2D eigenvalue weighted by atomic mass is 9.99. The topological polar surface area (TPSA) is 160 Å². The molecule has 0 aliphatic heterocycles. The van der Waals surface area contributed by atoms with Gasteiger partial charge in [0, 0.05) is 6.42 Å². The van der Waals surface area contributed by atoms with Gasteiger partial charge >= 0.3 is 21.6 Å². The number of ether oxygens (including phenoxy) is 1. The Labute approximate surface area is 242 Å². The van der Waals surface area contributed by atoms with Crippen molar-refractivity contribution in [1.29, 1.82) is 0 Å². The Kier molecular flexibility index (Phi) is 25.0. The number of carbonyl (C=O) groups is 1. The first-order chi connectivity index (χ1) is 19.0. The van der Waals surface area contributed by atoms with Crippen molar-refractivity contribution < 1.29 is 47.3 Å². The largest absolute Gasteiger partial charge is 0.469 e. The molecule has 0 aromatic heterocycles. The summed E-state index contributed by atoms with van der Waals surface area (Å²) in [6.07, 6.45) is 17.5. The summed E-state index contributed by atoms with van der Waals surface area (Å²) in [6, 6.07) is 0. The number of esters is 1. The quantitative estimate of drug-likeness (QED) is 0.0367. The van der Waals surface area contributed by atoms with Gasteiger partial charge in [0.25, 0.3) is 0 Å². The van der Waals surface area contributed by atoms with E-state index in [9.17, 15) is 33.5 Å². The monoisotopic (exact) mass is 616 g/mol. The number of carbonyl (C=O) groups excluding carboxylic acids is 1. The van der Waals surface area contributed by atoms with Crippen molar-refractivity contribution in [3.63, 3.8) is 0 Å². The van der Waals surface area contributed by atoms with Crippen molar-refractivity contribution in [2.24, 2.45) is 0 Å². The van der Waals surface area contributed by atoms with Gasteiger partial charge in [-0.3, -0.25) is 13.8 Å². The highest BCUT2D eigenvalue weighted by molar-refractivity contribution is 7.46. The molecule has 0 spiro atoms. The molecule has 0 aliphatic carbocycles. The Bertz CT molecular complexity index is 695. The maximum atomic E-state index is 11.9. The van der Waals surface area contributed by atoms with Gasteiger partial charge in [-0.05, 0) is 25.7 Å². The van der Waals surface area contributed by atoms with Crippen molar-refractivity contribution in [2.45, 2.75) is 167 Å². The van der Waals surface area contributed by atoms with E-state index in [-0.39, 0.29) is 18.8 Å². The smallest absolute Gasteiger partial charge is 0.466 e. The minimum Gasteiger partial charge on any atom is -0.466 e. The third kappa shape index (κ3) is 27.8. The highest BCUT2D eigenvalue weighted by Crippen LogP contribution is 2.45. The van der Waals surface area contributed by atoms with Crippen molar-refractivity contribution in [3.05, 3.63) is 0 Å². The summed E-state index contributed by atoms with van der Waals surface area (Å²) in [6.45, 7) is 4.80. The van der Waals surface area contributed by atoms with Crippen molar-refractivity contribution in [1.82, 2.24) is 0 Å². The zero-order chi connectivity index (χ0) is 30.1. The molecular weight excluding hydrogens is 558 g/mol. The number of phosphoric ester groups is 2. The summed E-state index contributed by atoms with van der Waals surface area (Å²) >= 11 is 0. The van der Waals surface area contributed by atoms with Gasteiger partial charge < -0.3 is 24.3 Å². The van der Waals surface area contributed by atoms with Crippen LogP contribution in [0.25, 0.3) is 0 Å².